The van der Waals surface area contributed by atoms with Crippen LogP contribution >= 0.6 is 0 Å². The number of aromatic amines is 1. The minimum Gasteiger partial charge on any atom is -0.395 e. The van der Waals surface area contributed by atoms with Gasteiger partial charge in [-0.05, 0) is 32.1 Å². The zero-order valence-electron chi connectivity index (χ0n) is 12.6. The van der Waals surface area contributed by atoms with Crippen LogP contribution in [0, 0.1) is 0 Å². The highest BCUT2D eigenvalue weighted by molar-refractivity contribution is 5.97. The van der Waals surface area contributed by atoms with E-state index < -0.39 is 0 Å². The normalized spacial score (nSPS) is 22.5. The van der Waals surface area contributed by atoms with Crippen LogP contribution in [-0.4, -0.2) is 46.8 Å². The van der Waals surface area contributed by atoms with Crippen LogP contribution in [0.25, 0.3) is 0 Å². The van der Waals surface area contributed by atoms with Crippen molar-refractivity contribution in [2.24, 2.45) is 0 Å². The molecule has 1 saturated heterocycles. The number of hydrogen-bond acceptors (Lipinski definition) is 4. The lowest BCUT2D eigenvalue weighted by atomic mass is 10.1. The fourth-order valence-corrected chi connectivity index (χ4v) is 2.90. The van der Waals surface area contributed by atoms with E-state index >= 15 is 0 Å². The molecule has 1 saturated carbocycles. The summed E-state index contributed by atoms with van der Waals surface area (Å²) in [5.74, 6) is 0.404. The van der Waals surface area contributed by atoms with Crippen molar-refractivity contribution in [1.29, 1.82) is 0 Å². The Morgan fingerprint density at radius 1 is 1.48 bits per heavy atom. The maximum absolute atomic E-state index is 12.6. The summed E-state index contributed by atoms with van der Waals surface area (Å²) in [7, 11) is 0. The molecule has 1 aliphatic heterocycles. The minimum absolute atomic E-state index is 0.0690. The summed E-state index contributed by atoms with van der Waals surface area (Å²) in [5.41, 5.74) is 7.96. The molecule has 21 heavy (non-hydrogen) atoms. The van der Waals surface area contributed by atoms with Crippen molar-refractivity contribution in [2.45, 2.75) is 51.0 Å². The fraction of sp³-hybridized carbons (Fsp3) is 0.733. The molecule has 0 spiro atoms. The summed E-state index contributed by atoms with van der Waals surface area (Å²) < 4.78 is 5.78. The molecule has 1 atom stereocenters. The Balaban J connectivity index is 1.66. The first-order valence-corrected chi connectivity index (χ1v) is 7.95. The predicted octanol–water partition coefficient (Wildman–Crippen LogP) is 1.90. The van der Waals surface area contributed by atoms with E-state index in [2.05, 4.69) is 17.1 Å². The molecular weight excluding hydrogens is 268 g/mol. The number of amides is 1. The molecule has 1 aromatic heterocycles. The summed E-state index contributed by atoms with van der Waals surface area (Å²) in [6.07, 6.45) is 5.41. The van der Waals surface area contributed by atoms with E-state index in [-0.39, 0.29) is 12.0 Å². The molecule has 1 amide bonds. The van der Waals surface area contributed by atoms with Crippen LogP contribution in [0.1, 0.15) is 61.1 Å². The smallest absolute Gasteiger partial charge is 0.276 e. The molecule has 6 heteroatoms. The number of nitrogens with zero attached hydrogens (tertiary/aromatic N) is 2. The van der Waals surface area contributed by atoms with Crippen LogP contribution in [-0.2, 0) is 4.74 Å². The number of piperidine rings is 1. The SMILES string of the molecule is CCCOC1CCCN(C(=O)c2n[nH]c(C3CC3)c2N)C1. The van der Waals surface area contributed by atoms with Gasteiger partial charge in [0.2, 0.25) is 0 Å². The Bertz CT molecular complexity index is 510. The van der Waals surface area contributed by atoms with Crippen molar-refractivity contribution >= 4 is 11.6 Å². The number of nitrogens with one attached hydrogen (secondary N) is 1. The van der Waals surface area contributed by atoms with Crippen molar-refractivity contribution in [1.82, 2.24) is 15.1 Å². The third kappa shape index (κ3) is 3.05. The highest BCUT2D eigenvalue weighted by atomic mass is 16.5. The van der Waals surface area contributed by atoms with E-state index in [9.17, 15) is 4.79 Å². The van der Waals surface area contributed by atoms with Gasteiger partial charge in [0, 0.05) is 25.6 Å². The number of ether oxygens (including phenoxy) is 1. The van der Waals surface area contributed by atoms with Crippen molar-refractivity contribution in [3.05, 3.63) is 11.4 Å². The number of likely N-dealkylation sites (tertiary alicyclic amines) is 1. The van der Waals surface area contributed by atoms with Gasteiger partial charge in [-0.25, -0.2) is 0 Å². The van der Waals surface area contributed by atoms with Gasteiger partial charge in [0.05, 0.1) is 17.5 Å². The van der Waals surface area contributed by atoms with Crippen LogP contribution in [0.4, 0.5) is 5.69 Å². The van der Waals surface area contributed by atoms with Gasteiger partial charge in [-0.1, -0.05) is 6.92 Å². The molecule has 2 fully saturated rings. The minimum atomic E-state index is -0.0690. The molecule has 1 aromatic rings. The third-order valence-corrected chi connectivity index (χ3v) is 4.24. The number of nitrogen functional groups attached to an aromatic ring is 1. The van der Waals surface area contributed by atoms with Gasteiger partial charge in [-0.15, -0.1) is 0 Å². The van der Waals surface area contributed by atoms with Crippen molar-refractivity contribution in [3.63, 3.8) is 0 Å². The van der Waals surface area contributed by atoms with Crippen LogP contribution < -0.4 is 5.73 Å². The number of aromatic nitrogens is 2. The second-order valence-corrected chi connectivity index (χ2v) is 6.06. The summed E-state index contributed by atoms with van der Waals surface area (Å²) in [6, 6.07) is 0. The summed E-state index contributed by atoms with van der Waals surface area (Å²) in [5, 5.41) is 7.11. The zero-order valence-corrected chi connectivity index (χ0v) is 12.6. The predicted molar refractivity (Wildman–Crippen MR) is 80.1 cm³/mol. The van der Waals surface area contributed by atoms with E-state index in [4.69, 9.17) is 10.5 Å². The number of carbonyl (C=O) groups is 1. The highest BCUT2D eigenvalue weighted by Crippen LogP contribution is 2.42. The van der Waals surface area contributed by atoms with Gasteiger partial charge in [-0.3, -0.25) is 9.89 Å². The molecule has 1 aliphatic carbocycles. The second kappa shape index (κ2) is 6.05. The van der Waals surface area contributed by atoms with Crippen LogP contribution in [0.2, 0.25) is 0 Å². The number of carbonyl (C=O) groups excluding carboxylic acids is 1. The Labute approximate surface area is 125 Å². The van der Waals surface area contributed by atoms with E-state index in [1.165, 1.54) is 0 Å². The lowest BCUT2D eigenvalue weighted by Gasteiger charge is -2.32. The quantitative estimate of drug-likeness (QED) is 0.868. The zero-order chi connectivity index (χ0) is 14.8. The van der Waals surface area contributed by atoms with Crippen LogP contribution in [0.3, 0.4) is 0 Å². The molecule has 0 bridgehead atoms. The number of hydrogen-bond donors (Lipinski definition) is 2. The topological polar surface area (TPSA) is 84.2 Å². The van der Waals surface area contributed by atoms with Crippen molar-refractivity contribution < 1.29 is 9.53 Å². The Kier molecular flexibility index (Phi) is 4.14. The molecule has 0 aromatic carbocycles. The largest absolute Gasteiger partial charge is 0.395 e. The number of H-pyrrole nitrogens is 1. The summed E-state index contributed by atoms with van der Waals surface area (Å²) in [6.45, 7) is 4.25. The number of anilines is 1. The molecule has 2 heterocycles. The van der Waals surface area contributed by atoms with Crippen LogP contribution in [0.5, 0.6) is 0 Å². The molecule has 6 nitrogen and oxygen atoms in total. The van der Waals surface area contributed by atoms with Crippen LogP contribution in [0.15, 0.2) is 0 Å². The van der Waals surface area contributed by atoms with E-state index in [1.54, 1.807) is 0 Å². The molecule has 0 radical (unpaired) electrons. The van der Waals surface area contributed by atoms with Crippen molar-refractivity contribution in [2.75, 3.05) is 25.4 Å². The Morgan fingerprint density at radius 2 is 2.29 bits per heavy atom. The molecule has 3 rings (SSSR count). The summed E-state index contributed by atoms with van der Waals surface area (Å²) >= 11 is 0. The first kappa shape index (κ1) is 14.4. The Morgan fingerprint density at radius 3 is 3.00 bits per heavy atom. The van der Waals surface area contributed by atoms with Gasteiger partial charge < -0.3 is 15.4 Å². The monoisotopic (exact) mass is 292 g/mol. The van der Waals surface area contributed by atoms with E-state index in [1.807, 2.05) is 4.90 Å². The van der Waals surface area contributed by atoms with Gasteiger partial charge in [0.15, 0.2) is 5.69 Å². The molecule has 2 aliphatic rings. The highest BCUT2D eigenvalue weighted by Gasteiger charge is 2.32. The lowest BCUT2D eigenvalue weighted by molar-refractivity contribution is 0.00195. The fourth-order valence-electron chi connectivity index (χ4n) is 2.90. The molecular formula is C15H24N4O2. The number of rotatable bonds is 5. The molecule has 1 unspecified atom stereocenters. The van der Waals surface area contributed by atoms with Crippen molar-refractivity contribution in [3.8, 4) is 0 Å². The third-order valence-electron chi connectivity index (χ3n) is 4.24. The number of nitrogens with two attached hydrogens (primary N) is 1. The van der Waals surface area contributed by atoms with Gasteiger partial charge in [0.1, 0.15) is 0 Å². The maximum Gasteiger partial charge on any atom is 0.276 e. The first-order chi connectivity index (χ1) is 10.2. The second-order valence-electron chi connectivity index (χ2n) is 6.06. The Hall–Kier alpha value is -1.56. The van der Waals surface area contributed by atoms with Gasteiger partial charge >= 0.3 is 0 Å². The lowest BCUT2D eigenvalue weighted by Crippen LogP contribution is -2.43. The first-order valence-electron chi connectivity index (χ1n) is 7.95. The molecule has 116 valence electrons. The van der Waals surface area contributed by atoms with E-state index in [0.29, 0.717) is 23.8 Å². The maximum atomic E-state index is 12.6. The molecule has 3 N–H and O–H groups in total. The van der Waals surface area contributed by atoms with Gasteiger partial charge in [0.25, 0.3) is 5.91 Å². The summed E-state index contributed by atoms with van der Waals surface area (Å²) in [4.78, 5) is 14.4. The van der Waals surface area contributed by atoms with Gasteiger partial charge in [-0.2, -0.15) is 5.10 Å². The standard InChI is InChI=1S/C15H24N4O2/c1-2-8-21-11-4-3-7-19(9-11)15(20)14-12(16)13(17-18-14)10-5-6-10/h10-11H,2-9,16H2,1H3,(H,17,18). The van der Waals surface area contributed by atoms with E-state index in [0.717, 1.165) is 50.9 Å². The average molecular weight is 292 g/mol. The average Bonchev–Trinajstić information content (AvgIpc) is 3.28.